The van der Waals surface area contributed by atoms with E-state index >= 15 is 0 Å². The van der Waals surface area contributed by atoms with Crippen molar-refractivity contribution in [2.24, 2.45) is 5.92 Å². The molecule has 1 aromatic carbocycles. The fraction of sp³-hybridized carbons (Fsp3) is 0.375. The Morgan fingerprint density at radius 1 is 1.11 bits per heavy atom. The highest BCUT2D eigenvalue weighted by Gasteiger charge is 2.52. The monoisotopic (exact) mass is 650 g/mol. The zero-order valence-corrected chi connectivity index (χ0v) is 26.5. The lowest BCUT2D eigenvalue weighted by Gasteiger charge is -2.43. The number of pyridine rings is 3. The van der Waals surface area contributed by atoms with Crippen LogP contribution in [0.25, 0.3) is 16.6 Å². The number of nitrogens with zero attached hydrogens (tertiary/aromatic N) is 6. The molecule has 3 aliphatic rings. The minimum Gasteiger partial charge on any atom is -0.481 e. The van der Waals surface area contributed by atoms with Crippen LogP contribution >= 0.6 is 23.2 Å². The number of likely N-dealkylation sites (N-methyl/N-ethyl adjacent to an activating group) is 1. The summed E-state index contributed by atoms with van der Waals surface area (Å²) in [4.78, 5) is 41.1. The van der Waals surface area contributed by atoms with Gasteiger partial charge >= 0.3 is 5.97 Å². The van der Waals surface area contributed by atoms with E-state index in [0.29, 0.717) is 51.6 Å². The maximum absolute atomic E-state index is 13.4. The summed E-state index contributed by atoms with van der Waals surface area (Å²) in [6.07, 6.45) is 5.01. The first-order valence-electron chi connectivity index (χ1n) is 14.7. The number of aromatic nitrogens is 3. The van der Waals surface area contributed by atoms with Crippen LogP contribution < -0.4 is 24.7 Å². The molecule has 1 N–H and O–H groups in total. The summed E-state index contributed by atoms with van der Waals surface area (Å²) in [7, 11) is 5.66. The molecule has 2 unspecified atom stereocenters. The largest absolute Gasteiger partial charge is 0.481 e. The van der Waals surface area contributed by atoms with Crippen molar-refractivity contribution in [1.29, 1.82) is 0 Å². The molecule has 45 heavy (non-hydrogen) atoms. The van der Waals surface area contributed by atoms with E-state index in [9.17, 15) is 14.7 Å². The summed E-state index contributed by atoms with van der Waals surface area (Å²) < 4.78 is 13.0. The molecule has 0 bridgehead atoms. The van der Waals surface area contributed by atoms with Crippen LogP contribution in [0.1, 0.15) is 23.2 Å². The van der Waals surface area contributed by atoms with E-state index in [1.165, 1.54) is 13.3 Å². The van der Waals surface area contributed by atoms with E-state index in [0.717, 1.165) is 37.4 Å². The zero-order chi connectivity index (χ0) is 31.6. The van der Waals surface area contributed by atoms with Gasteiger partial charge in [0, 0.05) is 42.8 Å². The number of carbonyl (C=O) groups is 1. The number of aromatic carboxylic acids is 1. The van der Waals surface area contributed by atoms with Crippen molar-refractivity contribution in [3.8, 4) is 17.4 Å². The summed E-state index contributed by atoms with van der Waals surface area (Å²) in [5.41, 5.74) is 0.990. The molecule has 0 spiro atoms. The summed E-state index contributed by atoms with van der Waals surface area (Å²) in [6.45, 7) is 2.09. The van der Waals surface area contributed by atoms with Gasteiger partial charge in [0.1, 0.15) is 23.0 Å². The molecule has 2 saturated heterocycles. The Kier molecular flexibility index (Phi) is 7.50. The van der Waals surface area contributed by atoms with Gasteiger partial charge in [-0.2, -0.15) is 4.98 Å². The number of ether oxygens (including phenoxy) is 2. The van der Waals surface area contributed by atoms with E-state index in [4.69, 9.17) is 32.7 Å². The Balaban J connectivity index is 1.25. The second kappa shape index (κ2) is 11.4. The highest BCUT2D eigenvalue weighted by Crippen LogP contribution is 2.51. The molecule has 2 aliphatic heterocycles. The predicted molar refractivity (Wildman–Crippen MR) is 173 cm³/mol. The van der Waals surface area contributed by atoms with E-state index in [1.54, 1.807) is 29.0 Å². The number of methoxy groups -OCH3 is 1. The summed E-state index contributed by atoms with van der Waals surface area (Å²) in [5.74, 6) is 0.735. The van der Waals surface area contributed by atoms with Crippen LogP contribution in [0.4, 0.5) is 11.5 Å². The lowest BCUT2D eigenvalue weighted by Crippen LogP contribution is -2.57. The van der Waals surface area contributed by atoms with Gasteiger partial charge in [0.05, 0.1) is 41.3 Å². The van der Waals surface area contributed by atoms with Crippen LogP contribution in [-0.2, 0) is 0 Å². The van der Waals surface area contributed by atoms with Crippen LogP contribution in [0, 0.1) is 5.92 Å². The quantitative estimate of drug-likeness (QED) is 0.276. The minimum atomic E-state index is -1.31. The molecule has 1 aliphatic carbocycles. The molecule has 7 rings (SSSR count). The topological polar surface area (TPSA) is 113 Å². The van der Waals surface area contributed by atoms with Crippen LogP contribution in [0.2, 0.25) is 10.0 Å². The van der Waals surface area contributed by atoms with Gasteiger partial charge in [-0.1, -0.05) is 23.2 Å². The SMILES string of the molecule is COc1ccc(Cl)c(OC[C@H]2CC3CC3N2c2cc3c(cc2Cl)c(=O)c(C(=O)O)cn3-c2ccc(N3CC(N(C)C)C3)nc2)n1. The van der Waals surface area contributed by atoms with Gasteiger partial charge in [-0.15, -0.1) is 0 Å². The molecule has 3 atom stereocenters. The third kappa shape index (κ3) is 5.32. The van der Waals surface area contributed by atoms with Gasteiger partial charge in [0.15, 0.2) is 0 Å². The highest BCUT2D eigenvalue weighted by molar-refractivity contribution is 6.34. The lowest BCUT2D eigenvalue weighted by atomic mass is 10.1. The number of carboxylic acid groups (broad SMARTS) is 1. The first-order chi connectivity index (χ1) is 21.6. The Hall–Kier alpha value is -4.06. The molecule has 0 amide bonds. The zero-order valence-electron chi connectivity index (χ0n) is 25.0. The number of benzene rings is 1. The molecule has 5 heterocycles. The Labute approximate surface area is 269 Å². The third-order valence-corrected chi connectivity index (χ3v) is 9.72. The number of hydrogen-bond donors (Lipinski definition) is 1. The Bertz CT molecular complexity index is 1860. The summed E-state index contributed by atoms with van der Waals surface area (Å²) in [5, 5.41) is 10.9. The van der Waals surface area contributed by atoms with Gasteiger partial charge in [0.2, 0.25) is 17.2 Å². The number of halogens is 2. The summed E-state index contributed by atoms with van der Waals surface area (Å²) >= 11 is 13.2. The van der Waals surface area contributed by atoms with E-state index < -0.39 is 11.4 Å². The van der Waals surface area contributed by atoms with Gasteiger partial charge in [-0.05, 0) is 63.2 Å². The Morgan fingerprint density at radius 2 is 1.91 bits per heavy atom. The number of piperidine rings is 1. The number of hydrogen-bond acceptors (Lipinski definition) is 9. The number of anilines is 2. The normalized spacial score (nSPS) is 20.8. The molecule has 11 nitrogen and oxygen atoms in total. The molecule has 3 fully saturated rings. The molecule has 234 valence electrons. The second-order valence-corrected chi connectivity index (χ2v) is 12.9. The average molecular weight is 652 g/mol. The van der Waals surface area contributed by atoms with E-state index in [-0.39, 0.29) is 23.0 Å². The summed E-state index contributed by atoms with van der Waals surface area (Å²) in [6, 6.07) is 11.4. The molecule has 13 heteroatoms. The van der Waals surface area contributed by atoms with Crippen molar-refractivity contribution < 1.29 is 19.4 Å². The predicted octanol–water partition coefficient (Wildman–Crippen LogP) is 4.59. The molecular weight excluding hydrogens is 619 g/mol. The van der Waals surface area contributed by atoms with Crippen LogP contribution in [0.15, 0.2) is 53.6 Å². The van der Waals surface area contributed by atoms with Crippen LogP contribution in [0.3, 0.4) is 0 Å². The molecule has 4 aromatic rings. The van der Waals surface area contributed by atoms with Crippen molar-refractivity contribution in [1.82, 2.24) is 19.4 Å². The van der Waals surface area contributed by atoms with Gasteiger partial charge in [0.25, 0.3) is 0 Å². The number of rotatable bonds is 9. The van der Waals surface area contributed by atoms with Gasteiger partial charge < -0.3 is 33.8 Å². The number of fused-ring (bicyclic) bond motifs is 2. The van der Waals surface area contributed by atoms with Crippen molar-refractivity contribution in [3.05, 3.63) is 74.6 Å². The Morgan fingerprint density at radius 3 is 2.60 bits per heavy atom. The molecule has 3 aromatic heterocycles. The average Bonchev–Trinajstić information content (AvgIpc) is 3.66. The first kappa shape index (κ1) is 29.6. The van der Waals surface area contributed by atoms with Crippen LogP contribution in [0.5, 0.6) is 11.8 Å². The van der Waals surface area contributed by atoms with Crippen molar-refractivity contribution in [2.75, 3.05) is 50.7 Å². The van der Waals surface area contributed by atoms with Crippen LogP contribution in [-0.4, -0.2) is 89.5 Å². The van der Waals surface area contributed by atoms with Gasteiger partial charge in [-0.3, -0.25) is 4.79 Å². The molecule has 1 saturated carbocycles. The van der Waals surface area contributed by atoms with Crippen molar-refractivity contribution >= 4 is 51.6 Å². The number of carboxylic acids is 1. The van der Waals surface area contributed by atoms with Gasteiger partial charge in [-0.25, -0.2) is 9.78 Å². The third-order valence-electron chi connectivity index (χ3n) is 9.13. The fourth-order valence-electron chi connectivity index (χ4n) is 6.45. The highest BCUT2D eigenvalue weighted by atomic mass is 35.5. The second-order valence-electron chi connectivity index (χ2n) is 12.1. The first-order valence-corrected chi connectivity index (χ1v) is 15.5. The lowest BCUT2D eigenvalue weighted by molar-refractivity contribution is 0.0695. The van der Waals surface area contributed by atoms with Crippen molar-refractivity contribution in [2.45, 2.75) is 31.0 Å². The maximum Gasteiger partial charge on any atom is 0.341 e. The smallest absolute Gasteiger partial charge is 0.341 e. The fourth-order valence-corrected chi connectivity index (χ4v) is 6.88. The van der Waals surface area contributed by atoms with E-state index in [1.807, 2.05) is 18.2 Å². The van der Waals surface area contributed by atoms with E-state index in [2.05, 4.69) is 38.8 Å². The minimum absolute atomic E-state index is 0.0188. The molecular formula is C32H32Cl2N6O5. The maximum atomic E-state index is 13.4. The van der Waals surface area contributed by atoms with Crippen molar-refractivity contribution in [3.63, 3.8) is 0 Å². The standard InChI is InChI=1S/C32H32Cl2N6O5/c1-37(2)20-13-38(14-20)28-6-4-18(12-35-28)39-15-22(32(42)43)30(41)21-10-24(34)27(11-26(21)39)40-19(8-17-9-25(17)40)16-45-31-23(33)5-7-29(36-31)44-3/h4-7,10-12,15,17,19-20,25H,8-9,13-14,16H2,1-3H3,(H,42,43)/t17?,19-,25?/m1/s1. The molecule has 0 radical (unpaired) electrons.